The summed E-state index contributed by atoms with van der Waals surface area (Å²) in [5.41, 5.74) is 0.827. The SMILES string of the molecule is CC(C)CCCCCC(=O)NCC(=O)NCC(=O)N[C@@H](Cc1ccccc1)C(=O)NCC(=O)NCC(C)C. The molecular weight excluding hydrogens is 486 g/mol. The van der Waals surface area contributed by atoms with Crippen LogP contribution < -0.4 is 26.6 Å². The highest BCUT2D eigenvalue weighted by Gasteiger charge is 2.22. The normalized spacial score (nSPS) is 11.5. The summed E-state index contributed by atoms with van der Waals surface area (Å²) >= 11 is 0. The number of nitrogens with one attached hydrogen (secondary N) is 5. The predicted octanol–water partition coefficient (Wildman–Crippen LogP) is 1.44. The smallest absolute Gasteiger partial charge is 0.243 e. The molecule has 0 saturated carbocycles. The Hall–Kier alpha value is -3.43. The molecule has 0 aliphatic heterocycles. The number of benzene rings is 1. The molecule has 0 radical (unpaired) electrons. The predicted molar refractivity (Wildman–Crippen MR) is 147 cm³/mol. The molecule has 0 fully saturated rings. The molecular formula is C28H45N5O5. The van der Waals surface area contributed by atoms with Gasteiger partial charge in [-0.25, -0.2) is 0 Å². The summed E-state index contributed by atoms with van der Waals surface area (Å²) in [6, 6.07) is 8.22. The Bertz CT molecular complexity index is 889. The number of hydrogen-bond donors (Lipinski definition) is 5. The molecule has 5 N–H and O–H groups in total. The van der Waals surface area contributed by atoms with E-state index in [4.69, 9.17) is 0 Å². The van der Waals surface area contributed by atoms with E-state index in [-0.39, 0.29) is 43.8 Å². The highest BCUT2D eigenvalue weighted by Crippen LogP contribution is 2.09. The summed E-state index contributed by atoms with van der Waals surface area (Å²) in [5.74, 6) is -1.16. The number of amides is 5. The van der Waals surface area contributed by atoms with Crippen molar-refractivity contribution in [3.8, 4) is 0 Å². The van der Waals surface area contributed by atoms with Gasteiger partial charge in [-0.05, 0) is 23.8 Å². The van der Waals surface area contributed by atoms with E-state index >= 15 is 0 Å². The van der Waals surface area contributed by atoms with Crippen molar-refractivity contribution in [3.05, 3.63) is 35.9 Å². The Morgan fingerprint density at radius 2 is 1.26 bits per heavy atom. The molecule has 1 atom stereocenters. The van der Waals surface area contributed by atoms with Crippen molar-refractivity contribution in [1.82, 2.24) is 26.6 Å². The Labute approximate surface area is 226 Å². The van der Waals surface area contributed by atoms with Crippen LogP contribution in [0.4, 0.5) is 0 Å². The van der Waals surface area contributed by atoms with Crippen LogP contribution in [0.3, 0.4) is 0 Å². The molecule has 0 aliphatic carbocycles. The van der Waals surface area contributed by atoms with Gasteiger partial charge in [0.05, 0.1) is 19.6 Å². The molecule has 5 amide bonds. The number of carbonyl (C=O) groups is 5. The summed E-state index contributed by atoms with van der Waals surface area (Å²) in [5, 5.41) is 12.9. The van der Waals surface area contributed by atoms with Gasteiger partial charge in [-0.15, -0.1) is 0 Å². The van der Waals surface area contributed by atoms with E-state index in [1.54, 1.807) is 0 Å². The van der Waals surface area contributed by atoms with Crippen molar-refractivity contribution in [3.63, 3.8) is 0 Å². The molecule has 0 aliphatic rings. The second-order valence-electron chi connectivity index (χ2n) is 10.3. The van der Waals surface area contributed by atoms with Gasteiger partial charge in [0.15, 0.2) is 0 Å². The first-order chi connectivity index (χ1) is 18.1. The van der Waals surface area contributed by atoms with Crippen LogP contribution in [0.5, 0.6) is 0 Å². The topological polar surface area (TPSA) is 146 Å². The van der Waals surface area contributed by atoms with E-state index in [0.717, 1.165) is 31.2 Å². The van der Waals surface area contributed by atoms with Crippen LogP contribution >= 0.6 is 0 Å². The largest absolute Gasteiger partial charge is 0.354 e. The first-order valence-electron chi connectivity index (χ1n) is 13.5. The third-order valence-electron chi connectivity index (χ3n) is 5.64. The molecule has 0 saturated heterocycles. The minimum absolute atomic E-state index is 0.203. The summed E-state index contributed by atoms with van der Waals surface area (Å²) < 4.78 is 0. The molecule has 212 valence electrons. The Balaban J connectivity index is 2.47. The second-order valence-corrected chi connectivity index (χ2v) is 10.3. The molecule has 0 bridgehead atoms. The van der Waals surface area contributed by atoms with Crippen molar-refractivity contribution in [1.29, 1.82) is 0 Å². The number of rotatable bonds is 18. The fourth-order valence-corrected chi connectivity index (χ4v) is 3.50. The lowest BCUT2D eigenvalue weighted by Crippen LogP contribution is -2.52. The molecule has 1 aromatic rings. The number of hydrogen-bond acceptors (Lipinski definition) is 5. The lowest BCUT2D eigenvalue weighted by atomic mass is 10.0. The van der Waals surface area contributed by atoms with E-state index in [0.29, 0.717) is 18.9 Å². The number of carbonyl (C=O) groups excluding carboxylic acids is 5. The summed E-state index contributed by atoms with van der Waals surface area (Å²) in [6.45, 7) is 7.98. The quantitative estimate of drug-likeness (QED) is 0.182. The fourth-order valence-electron chi connectivity index (χ4n) is 3.50. The highest BCUT2D eigenvalue weighted by atomic mass is 16.2. The van der Waals surface area contributed by atoms with Gasteiger partial charge in [0, 0.05) is 19.4 Å². The van der Waals surface area contributed by atoms with Gasteiger partial charge in [-0.2, -0.15) is 0 Å². The Morgan fingerprint density at radius 1 is 0.658 bits per heavy atom. The average molecular weight is 532 g/mol. The molecule has 38 heavy (non-hydrogen) atoms. The van der Waals surface area contributed by atoms with Gasteiger partial charge in [0.25, 0.3) is 0 Å². The summed E-state index contributed by atoms with van der Waals surface area (Å²) in [4.78, 5) is 61.2. The van der Waals surface area contributed by atoms with Crippen LogP contribution in [0.1, 0.15) is 65.4 Å². The molecule has 1 aromatic carbocycles. The van der Waals surface area contributed by atoms with Crippen LogP contribution in [0, 0.1) is 11.8 Å². The van der Waals surface area contributed by atoms with E-state index in [1.165, 1.54) is 0 Å². The van der Waals surface area contributed by atoms with Crippen LogP contribution in [0.25, 0.3) is 0 Å². The summed E-state index contributed by atoms with van der Waals surface area (Å²) in [6.07, 6.45) is 4.53. The Kier molecular flexibility index (Phi) is 16.1. The van der Waals surface area contributed by atoms with Gasteiger partial charge in [-0.1, -0.05) is 77.3 Å². The van der Waals surface area contributed by atoms with Crippen LogP contribution in [0.15, 0.2) is 30.3 Å². The first kappa shape index (κ1) is 32.6. The average Bonchev–Trinajstić information content (AvgIpc) is 2.87. The zero-order valence-electron chi connectivity index (χ0n) is 23.2. The first-order valence-corrected chi connectivity index (χ1v) is 13.5. The minimum Gasteiger partial charge on any atom is -0.354 e. The minimum atomic E-state index is -0.935. The molecule has 10 heteroatoms. The van der Waals surface area contributed by atoms with Gasteiger partial charge < -0.3 is 26.6 Å². The maximum atomic E-state index is 12.8. The highest BCUT2D eigenvalue weighted by molar-refractivity contribution is 5.92. The lowest BCUT2D eigenvalue weighted by molar-refractivity contribution is -0.131. The fraction of sp³-hybridized carbons (Fsp3) is 0.607. The van der Waals surface area contributed by atoms with Crippen molar-refractivity contribution in [2.24, 2.45) is 11.8 Å². The molecule has 0 spiro atoms. The third kappa shape index (κ3) is 16.3. The van der Waals surface area contributed by atoms with Crippen molar-refractivity contribution in [2.75, 3.05) is 26.2 Å². The Morgan fingerprint density at radius 3 is 1.92 bits per heavy atom. The van der Waals surface area contributed by atoms with Crippen LogP contribution in [0.2, 0.25) is 0 Å². The lowest BCUT2D eigenvalue weighted by Gasteiger charge is -2.19. The molecule has 0 aromatic heterocycles. The van der Waals surface area contributed by atoms with E-state index < -0.39 is 23.8 Å². The third-order valence-corrected chi connectivity index (χ3v) is 5.64. The van der Waals surface area contributed by atoms with E-state index in [1.807, 2.05) is 44.2 Å². The standard InChI is InChI=1S/C28H45N5O5/c1-20(2)11-7-5-10-14-24(34)30-17-25(35)31-19-27(37)33-23(15-22-12-8-6-9-13-22)28(38)32-18-26(36)29-16-21(3)4/h6,8-9,12-13,20-21,23H,5,7,10-11,14-19H2,1-4H3,(H,29,36)(H,30,34)(H,31,35)(H,32,38)(H,33,37)/t23-/m0/s1. The monoisotopic (exact) mass is 531 g/mol. The van der Waals surface area contributed by atoms with Gasteiger partial charge in [0.1, 0.15) is 6.04 Å². The second kappa shape index (κ2) is 18.8. The maximum absolute atomic E-state index is 12.8. The van der Waals surface area contributed by atoms with Crippen LogP contribution in [-0.2, 0) is 30.4 Å². The van der Waals surface area contributed by atoms with Gasteiger partial charge in [0.2, 0.25) is 29.5 Å². The maximum Gasteiger partial charge on any atom is 0.243 e. The van der Waals surface area contributed by atoms with E-state index in [2.05, 4.69) is 40.4 Å². The van der Waals surface area contributed by atoms with Gasteiger partial charge >= 0.3 is 0 Å². The van der Waals surface area contributed by atoms with Crippen molar-refractivity contribution >= 4 is 29.5 Å². The zero-order valence-corrected chi connectivity index (χ0v) is 23.2. The van der Waals surface area contributed by atoms with Crippen molar-refractivity contribution < 1.29 is 24.0 Å². The van der Waals surface area contributed by atoms with E-state index in [9.17, 15) is 24.0 Å². The molecule has 1 rings (SSSR count). The molecule has 10 nitrogen and oxygen atoms in total. The molecule has 0 unspecified atom stereocenters. The number of unbranched alkanes of at least 4 members (excludes halogenated alkanes) is 2. The van der Waals surface area contributed by atoms with Gasteiger partial charge in [-0.3, -0.25) is 24.0 Å². The summed E-state index contributed by atoms with van der Waals surface area (Å²) in [7, 11) is 0. The van der Waals surface area contributed by atoms with Crippen molar-refractivity contribution in [2.45, 2.75) is 72.3 Å². The molecule has 0 heterocycles. The zero-order chi connectivity index (χ0) is 28.3. The van der Waals surface area contributed by atoms with Crippen LogP contribution in [-0.4, -0.2) is 61.8 Å².